The second kappa shape index (κ2) is 11.1. The van der Waals surface area contributed by atoms with Crippen molar-refractivity contribution in [3.63, 3.8) is 0 Å². The Morgan fingerprint density at radius 3 is 2.70 bits per heavy atom. The van der Waals surface area contributed by atoms with Crippen LogP contribution in [0.15, 0.2) is 30.3 Å². The lowest BCUT2D eigenvalue weighted by molar-refractivity contribution is -0.122. The van der Waals surface area contributed by atoms with Gasteiger partial charge in [-0.15, -0.1) is 10.2 Å². The zero-order valence-electron chi connectivity index (χ0n) is 19.6. The average Bonchev–Trinajstić information content (AvgIpc) is 3.56. The molecule has 0 aliphatic carbocycles. The van der Waals surface area contributed by atoms with Crippen LogP contribution in [0.4, 0.5) is 10.3 Å². The molecule has 3 heterocycles. The van der Waals surface area contributed by atoms with Crippen LogP contribution in [-0.2, 0) is 16.1 Å². The van der Waals surface area contributed by atoms with E-state index in [2.05, 4.69) is 58.5 Å². The number of rotatable bonds is 10. The van der Waals surface area contributed by atoms with Crippen molar-refractivity contribution in [3.05, 3.63) is 35.9 Å². The van der Waals surface area contributed by atoms with Gasteiger partial charge in [0.25, 0.3) is 0 Å². The van der Waals surface area contributed by atoms with E-state index in [1.807, 2.05) is 11.0 Å². The Morgan fingerprint density at radius 1 is 1.18 bits per heavy atom. The molecule has 4 rings (SSSR count). The fourth-order valence-electron chi connectivity index (χ4n) is 4.50. The van der Waals surface area contributed by atoms with E-state index < -0.39 is 0 Å². The number of aromatic nitrogens is 2. The van der Waals surface area contributed by atoms with Crippen LogP contribution in [0.1, 0.15) is 51.5 Å². The molecule has 8 nitrogen and oxygen atoms in total. The third kappa shape index (κ3) is 5.89. The van der Waals surface area contributed by atoms with Gasteiger partial charge in [0.1, 0.15) is 6.04 Å². The molecule has 9 heteroatoms. The molecule has 1 atom stereocenters. The third-order valence-electron chi connectivity index (χ3n) is 6.39. The van der Waals surface area contributed by atoms with Crippen molar-refractivity contribution in [2.45, 2.75) is 64.6 Å². The van der Waals surface area contributed by atoms with Crippen LogP contribution in [0.25, 0.3) is 0 Å². The summed E-state index contributed by atoms with van der Waals surface area (Å²) in [4.78, 5) is 31.1. The maximum atomic E-state index is 12.9. The van der Waals surface area contributed by atoms with Crippen LogP contribution < -0.4 is 15.1 Å². The van der Waals surface area contributed by atoms with Gasteiger partial charge in [0.15, 0.2) is 0 Å². The Kier molecular flexibility index (Phi) is 7.93. The lowest BCUT2D eigenvalue weighted by Crippen LogP contribution is -2.44. The molecule has 0 radical (unpaired) electrons. The maximum absolute atomic E-state index is 12.9. The van der Waals surface area contributed by atoms with Gasteiger partial charge in [-0.05, 0) is 45.1 Å². The summed E-state index contributed by atoms with van der Waals surface area (Å²) in [6.07, 6.45) is 4.11. The second-order valence-electron chi connectivity index (χ2n) is 9.06. The largest absolute Gasteiger partial charge is 0.354 e. The van der Waals surface area contributed by atoms with Crippen molar-refractivity contribution in [1.82, 2.24) is 20.4 Å². The molecule has 178 valence electrons. The summed E-state index contributed by atoms with van der Waals surface area (Å²) in [5.74, 6) is 0.164. The Morgan fingerprint density at radius 2 is 1.97 bits per heavy atom. The zero-order valence-corrected chi connectivity index (χ0v) is 20.4. The molecule has 0 bridgehead atoms. The van der Waals surface area contributed by atoms with Gasteiger partial charge in [0.2, 0.25) is 22.1 Å². The summed E-state index contributed by atoms with van der Waals surface area (Å²) in [6.45, 7) is 8.43. The first-order valence-corrected chi connectivity index (χ1v) is 12.8. The summed E-state index contributed by atoms with van der Waals surface area (Å²) in [7, 11) is 0. The molecular weight excluding hydrogens is 436 g/mol. The van der Waals surface area contributed by atoms with E-state index in [0.717, 1.165) is 50.4 Å². The van der Waals surface area contributed by atoms with Crippen LogP contribution in [0.2, 0.25) is 0 Å². The van der Waals surface area contributed by atoms with Gasteiger partial charge in [0.05, 0.1) is 0 Å². The summed E-state index contributed by atoms with van der Waals surface area (Å²) in [5, 5.41) is 13.0. The molecular formula is C24H34N6O2S. The lowest BCUT2D eigenvalue weighted by Gasteiger charge is -2.27. The van der Waals surface area contributed by atoms with E-state index in [-0.39, 0.29) is 17.9 Å². The molecule has 33 heavy (non-hydrogen) atoms. The molecule has 1 aromatic heterocycles. The van der Waals surface area contributed by atoms with Crippen LogP contribution in [0.3, 0.4) is 0 Å². The number of amides is 2. The summed E-state index contributed by atoms with van der Waals surface area (Å²) >= 11 is 1.41. The molecule has 1 N–H and O–H groups in total. The SMILES string of the molecule is CC(C)N(CCCNC(=O)[C@H]1CCCN1c1nnc(N2CCCC2=O)s1)Cc1ccccc1. The zero-order chi connectivity index (χ0) is 23.2. The first-order valence-electron chi connectivity index (χ1n) is 12.0. The van der Waals surface area contributed by atoms with Crippen LogP contribution in [0.5, 0.6) is 0 Å². The average molecular weight is 471 g/mol. The maximum Gasteiger partial charge on any atom is 0.242 e. The first kappa shape index (κ1) is 23.6. The molecule has 2 amide bonds. The van der Waals surface area contributed by atoms with Crippen molar-refractivity contribution in [2.24, 2.45) is 0 Å². The number of anilines is 2. The van der Waals surface area contributed by atoms with E-state index in [9.17, 15) is 9.59 Å². The van der Waals surface area contributed by atoms with Crippen LogP contribution >= 0.6 is 11.3 Å². The van der Waals surface area contributed by atoms with E-state index in [0.29, 0.717) is 30.7 Å². The van der Waals surface area contributed by atoms with E-state index in [1.165, 1.54) is 16.9 Å². The highest BCUT2D eigenvalue weighted by molar-refractivity contribution is 7.19. The Labute approximate surface area is 200 Å². The lowest BCUT2D eigenvalue weighted by atomic mass is 10.1. The van der Waals surface area contributed by atoms with Crippen LogP contribution in [0, 0.1) is 0 Å². The van der Waals surface area contributed by atoms with Gasteiger partial charge in [-0.1, -0.05) is 41.7 Å². The van der Waals surface area contributed by atoms with Gasteiger partial charge in [-0.25, -0.2) is 0 Å². The predicted octanol–water partition coefficient (Wildman–Crippen LogP) is 3.05. The smallest absolute Gasteiger partial charge is 0.242 e. The molecule has 2 aliphatic rings. The van der Waals surface area contributed by atoms with Crippen molar-refractivity contribution < 1.29 is 9.59 Å². The second-order valence-corrected chi connectivity index (χ2v) is 10.00. The van der Waals surface area contributed by atoms with Gasteiger partial charge in [0, 0.05) is 45.2 Å². The predicted molar refractivity (Wildman–Crippen MR) is 131 cm³/mol. The Bertz CT molecular complexity index is 934. The Balaban J connectivity index is 1.26. The standard InChI is InChI=1S/C24H34N6O2S/c1-18(2)28(17-19-9-4-3-5-10-19)14-8-13-25-22(32)20-11-6-15-29(20)23-26-27-24(33-23)30-16-7-12-21(30)31/h3-5,9-10,18,20H,6-8,11-17H2,1-2H3,(H,25,32)/t20-/m1/s1. The highest BCUT2D eigenvalue weighted by Gasteiger charge is 2.34. The summed E-state index contributed by atoms with van der Waals surface area (Å²) in [5.41, 5.74) is 1.31. The van der Waals surface area contributed by atoms with E-state index >= 15 is 0 Å². The molecule has 1 aromatic carbocycles. The molecule has 0 spiro atoms. The van der Waals surface area contributed by atoms with Crippen molar-refractivity contribution >= 4 is 33.4 Å². The van der Waals surface area contributed by atoms with Crippen molar-refractivity contribution in [1.29, 1.82) is 0 Å². The van der Waals surface area contributed by atoms with Crippen molar-refractivity contribution in [3.8, 4) is 0 Å². The van der Waals surface area contributed by atoms with E-state index in [4.69, 9.17) is 0 Å². The van der Waals surface area contributed by atoms with Gasteiger partial charge >= 0.3 is 0 Å². The first-order chi connectivity index (χ1) is 16.0. The number of hydrogen-bond acceptors (Lipinski definition) is 7. The quantitative estimate of drug-likeness (QED) is 0.538. The Hall–Kier alpha value is -2.52. The minimum atomic E-state index is -0.217. The fourth-order valence-corrected chi connectivity index (χ4v) is 5.47. The van der Waals surface area contributed by atoms with Gasteiger partial charge in [-0.3, -0.25) is 19.4 Å². The number of hydrogen-bond donors (Lipinski definition) is 1. The summed E-state index contributed by atoms with van der Waals surface area (Å²) < 4.78 is 0. The number of carbonyl (C=O) groups excluding carboxylic acids is 2. The third-order valence-corrected chi connectivity index (χ3v) is 7.37. The number of nitrogens with zero attached hydrogens (tertiary/aromatic N) is 5. The normalized spacial score (nSPS) is 18.7. The molecule has 2 aromatic rings. The van der Waals surface area contributed by atoms with Gasteiger partial charge in [-0.2, -0.15) is 0 Å². The molecule has 2 saturated heterocycles. The molecule has 2 fully saturated rings. The number of carbonyl (C=O) groups is 2. The van der Waals surface area contributed by atoms with Crippen LogP contribution in [-0.4, -0.2) is 65.2 Å². The highest BCUT2D eigenvalue weighted by Crippen LogP contribution is 2.33. The topological polar surface area (TPSA) is 81.7 Å². The molecule has 0 saturated carbocycles. The molecule has 2 aliphatic heterocycles. The molecule has 0 unspecified atom stereocenters. The number of nitrogens with one attached hydrogen (secondary N) is 1. The monoisotopic (exact) mass is 470 g/mol. The summed E-state index contributed by atoms with van der Waals surface area (Å²) in [6, 6.07) is 10.7. The number of benzene rings is 1. The van der Waals surface area contributed by atoms with E-state index in [1.54, 1.807) is 4.90 Å². The van der Waals surface area contributed by atoms with Crippen molar-refractivity contribution in [2.75, 3.05) is 36.0 Å². The highest BCUT2D eigenvalue weighted by atomic mass is 32.1. The fraction of sp³-hybridized carbons (Fsp3) is 0.583. The minimum absolute atomic E-state index is 0.0562. The minimum Gasteiger partial charge on any atom is -0.354 e. The van der Waals surface area contributed by atoms with Gasteiger partial charge < -0.3 is 10.2 Å².